The number of nitrogens with one attached hydrogen (secondary N) is 1. The van der Waals surface area contributed by atoms with Gasteiger partial charge in [-0.1, -0.05) is 30.3 Å². The summed E-state index contributed by atoms with van der Waals surface area (Å²) in [4.78, 5) is 14.5. The minimum absolute atomic E-state index is 0.174. The predicted molar refractivity (Wildman–Crippen MR) is 111 cm³/mol. The smallest absolute Gasteiger partial charge is 0.317 e. The van der Waals surface area contributed by atoms with Gasteiger partial charge in [-0.25, -0.2) is 13.2 Å². The lowest BCUT2D eigenvalue weighted by atomic mass is 10.1. The maximum absolute atomic E-state index is 13.2. The predicted octanol–water partition coefficient (Wildman–Crippen LogP) is 2.16. The highest BCUT2D eigenvalue weighted by Gasteiger charge is 2.32. The second kappa shape index (κ2) is 8.30. The summed E-state index contributed by atoms with van der Waals surface area (Å²) in [7, 11) is -3.62. The van der Waals surface area contributed by atoms with E-state index in [4.69, 9.17) is 0 Å². The van der Waals surface area contributed by atoms with Crippen LogP contribution in [0.1, 0.15) is 25.7 Å². The average molecular weight is 418 g/mol. The molecule has 7 nitrogen and oxygen atoms in total. The summed E-state index contributed by atoms with van der Waals surface area (Å²) in [6.45, 7) is 1.78. The van der Waals surface area contributed by atoms with E-state index in [1.165, 1.54) is 4.31 Å². The molecule has 0 saturated carbocycles. The summed E-state index contributed by atoms with van der Waals surface area (Å²) in [5.74, 6) is 0. The van der Waals surface area contributed by atoms with Crippen molar-refractivity contribution in [2.75, 3.05) is 26.2 Å². The number of likely N-dealkylation sites (tertiary alicyclic amines) is 1. The van der Waals surface area contributed by atoms with Crippen molar-refractivity contribution in [2.45, 2.75) is 42.7 Å². The molecule has 2 aliphatic heterocycles. The van der Waals surface area contributed by atoms with E-state index in [0.717, 1.165) is 17.2 Å². The highest BCUT2D eigenvalue weighted by atomic mass is 32.2. The number of hydrogen-bond donors (Lipinski definition) is 2. The zero-order chi connectivity index (χ0) is 20.4. The first-order valence-corrected chi connectivity index (χ1v) is 11.6. The molecular weight excluding hydrogens is 390 g/mol. The van der Waals surface area contributed by atoms with Crippen molar-refractivity contribution in [1.82, 2.24) is 14.5 Å². The fourth-order valence-corrected chi connectivity index (χ4v) is 5.65. The number of fused-ring (bicyclic) bond motifs is 1. The number of hydrogen-bond acceptors (Lipinski definition) is 4. The van der Waals surface area contributed by atoms with Crippen LogP contribution < -0.4 is 5.32 Å². The molecule has 0 unspecified atom stereocenters. The Balaban J connectivity index is 1.44. The van der Waals surface area contributed by atoms with Gasteiger partial charge in [0.15, 0.2) is 0 Å². The fourth-order valence-electron chi connectivity index (χ4n) is 4.09. The fraction of sp³-hybridized carbons (Fsp3) is 0.476. The lowest BCUT2D eigenvalue weighted by molar-refractivity contribution is 0.0920. The maximum atomic E-state index is 13.2. The number of aliphatic hydroxyl groups excluding tert-OH is 1. The van der Waals surface area contributed by atoms with E-state index in [0.29, 0.717) is 38.9 Å². The van der Waals surface area contributed by atoms with Crippen molar-refractivity contribution in [2.24, 2.45) is 0 Å². The largest absolute Gasteiger partial charge is 0.393 e. The first-order valence-electron chi connectivity index (χ1n) is 10.2. The van der Waals surface area contributed by atoms with Crippen molar-refractivity contribution >= 4 is 26.8 Å². The van der Waals surface area contributed by atoms with Crippen LogP contribution in [0.15, 0.2) is 47.4 Å². The topological polar surface area (TPSA) is 90.0 Å². The summed E-state index contributed by atoms with van der Waals surface area (Å²) < 4.78 is 27.8. The second-order valence-electron chi connectivity index (χ2n) is 7.88. The highest BCUT2D eigenvalue weighted by molar-refractivity contribution is 7.89. The summed E-state index contributed by atoms with van der Waals surface area (Å²) in [5, 5.41) is 14.5. The normalized spacial score (nSPS) is 22.0. The van der Waals surface area contributed by atoms with Crippen LogP contribution in [-0.4, -0.2) is 67.1 Å². The molecule has 156 valence electrons. The van der Waals surface area contributed by atoms with Gasteiger partial charge >= 0.3 is 6.03 Å². The Morgan fingerprint density at radius 1 is 1.00 bits per heavy atom. The number of sulfonamides is 1. The molecule has 2 aliphatic rings. The van der Waals surface area contributed by atoms with Crippen LogP contribution in [0.2, 0.25) is 0 Å². The number of aliphatic hydroxyl groups is 1. The van der Waals surface area contributed by atoms with Gasteiger partial charge in [0.1, 0.15) is 0 Å². The van der Waals surface area contributed by atoms with E-state index in [1.54, 1.807) is 17.0 Å². The zero-order valence-electron chi connectivity index (χ0n) is 16.3. The minimum Gasteiger partial charge on any atom is -0.393 e. The Hall–Kier alpha value is -2.16. The zero-order valence-corrected chi connectivity index (χ0v) is 17.1. The van der Waals surface area contributed by atoms with E-state index >= 15 is 0 Å². The molecule has 2 N–H and O–H groups in total. The Bertz CT molecular complexity index is 986. The van der Waals surface area contributed by atoms with Crippen molar-refractivity contribution in [3.05, 3.63) is 42.5 Å². The third-order valence-corrected chi connectivity index (χ3v) is 7.68. The van der Waals surface area contributed by atoms with Gasteiger partial charge < -0.3 is 15.3 Å². The van der Waals surface area contributed by atoms with Crippen LogP contribution in [0.25, 0.3) is 10.8 Å². The molecule has 2 fully saturated rings. The Kier molecular flexibility index (Phi) is 5.76. The van der Waals surface area contributed by atoms with Crippen LogP contribution in [-0.2, 0) is 10.0 Å². The Labute approximate surface area is 171 Å². The SMILES string of the molecule is O=C(N[C@H]1CCCN(S(=O)(=O)c2ccc3ccccc3c2)C1)N1CCC(O)CC1. The van der Waals surface area contributed by atoms with Gasteiger partial charge in [0, 0.05) is 32.2 Å². The molecule has 0 bridgehead atoms. The molecule has 2 aromatic carbocycles. The lowest BCUT2D eigenvalue weighted by Gasteiger charge is -2.35. The van der Waals surface area contributed by atoms with Crippen LogP contribution in [0.4, 0.5) is 4.79 Å². The van der Waals surface area contributed by atoms with Crippen LogP contribution in [0.5, 0.6) is 0 Å². The molecule has 0 aliphatic carbocycles. The quantitative estimate of drug-likeness (QED) is 0.801. The molecule has 2 aromatic rings. The number of urea groups is 1. The molecule has 0 radical (unpaired) electrons. The van der Waals surface area contributed by atoms with Crippen molar-refractivity contribution in [1.29, 1.82) is 0 Å². The number of carbonyl (C=O) groups excluding carboxylic acids is 1. The molecule has 0 aromatic heterocycles. The molecule has 2 amide bonds. The molecule has 8 heteroatoms. The van der Waals surface area contributed by atoms with E-state index in [1.807, 2.05) is 30.3 Å². The van der Waals surface area contributed by atoms with Crippen molar-refractivity contribution < 1.29 is 18.3 Å². The molecule has 1 atom stereocenters. The summed E-state index contributed by atoms with van der Waals surface area (Å²) >= 11 is 0. The molecular formula is C21H27N3O4S. The standard InChI is InChI=1S/C21H27N3O4S/c25-19-9-12-23(13-10-19)21(26)22-18-6-3-11-24(15-18)29(27,28)20-8-7-16-4-1-2-5-17(16)14-20/h1-2,4-5,7-8,14,18-19,25H,3,6,9-13,15H2,(H,22,26)/t18-/m0/s1. The molecule has 2 heterocycles. The molecule has 29 heavy (non-hydrogen) atoms. The van der Waals surface area contributed by atoms with E-state index in [-0.39, 0.29) is 29.6 Å². The van der Waals surface area contributed by atoms with Crippen LogP contribution in [0, 0.1) is 0 Å². The lowest BCUT2D eigenvalue weighted by Crippen LogP contribution is -2.54. The minimum atomic E-state index is -3.62. The number of nitrogens with zero attached hydrogens (tertiary/aromatic N) is 2. The summed E-state index contributed by atoms with van der Waals surface area (Å²) in [6, 6.07) is 12.5. The van der Waals surface area contributed by atoms with Crippen molar-refractivity contribution in [3.8, 4) is 0 Å². The molecule has 4 rings (SSSR count). The number of benzene rings is 2. The number of amides is 2. The maximum Gasteiger partial charge on any atom is 0.317 e. The van der Waals surface area contributed by atoms with Gasteiger partial charge in [0.25, 0.3) is 0 Å². The van der Waals surface area contributed by atoms with E-state index in [9.17, 15) is 18.3 Å². The van der Waals surface area contributed by atoms with Crippen LogP contribution in [0.3, 0.4) is 0 Å². The van der Waals surface area contributed by atoms with E-state index in [2.05, 4.69) is 5.32 Å². The third kappa shape index (κ3) is 4.39. The Morgan fingerprint density at radius 2 is 1.72 bits per heavy atom. The van der Waals surface area contributed by atoms with Crippen molar-refractivity contribution in [3.63, 3.8) is 0 Å². The van der Waals surface area contributed by atoms with Gasteiger partial charge in [0.2, 0.25) is 10.0 Å². The molecule has 2 saturated heterocycles. The highest BCUT2D eigenvalue weighted by Crippen LogP contribution is 2.24. The van der Waals surface area contributed by atoms with Crippen LogP contribution >= 0.6 is 0 Å². The number of rotatable bonds is 3. The monoisotopic (exact) mass is 417 g/mol. The second-order valence-corrected chi connectivity index (χ2v) is 9.82. The van der Waals surface area contributed by atoms with Gasteiger partial charge in [-0.3, -0.25) is 0 Å². The Morgan fingerprint density at radius 3 is 2.48 bits per heavy atom. The average Bonchev–Trinajstić information content (AvgIpc) is 2.74. The first kappa shape index (κ1) is 20.1. The third-order valence-electron chi connectivity index (χ3n) is 5.82. The molecule has 0 spiro atoms. The van der Waals surface area contributed by atoms with Gasteiger partial charge in [0.05, 0.1) is 11.0 Å². The summed E-state index contributed by atoms with van der Waals surface area (Å²) in [6.07, 6.45) is 2.29. The van der Waals surface area contributed by atoms with Gasteiger partial charge in [-0.15, -0.1) is 0 Å². The van der Waals surface area contributed by atoms with Gasteiger partial charge in [-0.05, 0) is 48.6 Å². The van der Waals surface area contributed by atoms with E-state index < -0.39 is 10.0 Å². The van der Waals surface area contributed by atoms with Gasteiger partial charge in [-0.2, -0.15) is 4.31 Å². The first-order chi connectivity index (χ1) is 13.9. The number of piperidine rings is 2. The number of carbonyl (C=O) groups is 1. The summed E-state index contributed by atoms with van der Waals surface area (Å²) in [5.41, 5.74) is 0.